The normalized spacial score (nSPS) is 18.1. The number of alkyl halides is 1. The number of hydrogen-bond acceptors (Lipinski definition) is 5. The van der Waals surface area contributed by atoms with Crippen LogP contribution in [0.2, 0.25) is 5.02 Å². The molecule has 4 rings (SSSR count). The molecule has 6 nitrogen and oxygen atoms in total. The Morgan fingerprint density at radius 3 is 2.71 bits per heavy atom. The molecule has 0 radical (unpaired) electrons. The first-order valence-corrected chi connectivity index (χ1v) is 11.4. The van der Waals surface area contributed by atoms with E-state index in [4.69, 9.17) is 22.1 Å². The number of pyridine rings is 2. The van der Waals surface area contributed by atoms with Gasteiger partial charge in [0.15, 0.2) is 17.5 Å². The zero-order chi connectivity index (χ0) is 24.8. The summed E-state index contributed by atoms with van der Waals surface area (Å²) in [6.45, 7) is 5.09. The van der Waals surface area contributed by atoms with Crippen molar-refractivity contribution < 1.29 is 17.9 Å². The highest BCUT2D eigenvalue weighted by Crippen LogP contribution is 2.32. The molecular formula is C24H27ClF3N5O. The fraction of sp³-hybridized carbons (Fsp3) is 0.375. The van der Waals surface area contributed by atoms with E-state index < -0.39 is 24.4 Å². The number of ether oxygens (including phenoxy) is 1. The molecule has 2 aromatic heterocycles. The van der Waals surface area contributed by atoms with Gasteiger partial charge in [0.25, 0.3) is 6.02 Å². The number of halogens is 4. The molecule has 0 aliphatic heterocycles. The van der Waals surface area contributed by atoms with Gasteiger partial charge in [-0.3, -0.25) is 4.98 Å². The number of anilines is 2. The fourth-order valence-corrected chi connectivity index (χ4v) is 3.50. The van der Waals surface area contributed by atoms with E-state index in [-0.39, 0.29) is 29.8 Å². The minimum atomic E-state index is -1.08. The lowest BCUT2D eigenvalue weighted by Crippen LogP contribution is -2.24. The summed E-state index contributed by atoms with van der Waals surface area (Å²) in [5.41, 5.74) is 6.41. The van der Waals surface area contributed by atoms with E-state index in [1.165, 1.54) is 12.3 Å². The first kappa shape index (κ1) is 25.6. The Morgan fingerprint density at radius 2 is 2.03 bits per heavy atom. The van der Waals surface area contributed by atoms with Gasteiger partial charge < -0.3 is 15.8 Å². The predicted molar refractivity (Wildman–Crippen MR) is 129 cm³/mol. The van der Waals surface area contributed by atoms with Crippen molar-refractivity contribution in [1.82, 2.24) is 9.97 Å². The van der Waals surface area contributed by atoms with Crippen LogP contribution in [-0.4, -0.2) is 34.8 Å². The van der Waals surface area contributed by atoms with Gasteiger partial charge in [0.1, 0.15) is 18.3 Å². The number of aliphatic imine (C=N–C) groups is 1. The molecule has 3 N–H and O–H groups in total. The van der Waals surface area contributed by atoms with Crippen molar-refractivity contribution in [2.45, 2.75) is 45.8 Å². The van der Waals surface area contributed by atoms with Gasteiger partial charge in [-0.15, -0.1) is 0 Å². The summed E-state index contributed by atoms with van der Waals surface area (Å²) in [7, 11) is 0. The Balaban J connectivity index is 0.00000158. The van der Waals surface area contributed by atoms with Gasteiger partial charge in [-0.2, -0.15) is 0 Å². The molecule has 1 saturated carbocycles. The highest BCUT2D eigenvalue weighted by atomic mass is 35.5. The molecular weight excluding hydrogens is 467 g/mol. The molecule has 2 unspecified atom stereocenters. The van der Waals surface area contributed by atoms with E-state index in [2.05, 4.69) is 20.3 Å². The van der Waals surface area contributed by atoms with Crippen molar-refractivity contribution in [2.75, 3.05) is 12.0 Å². The molecule has 3 atom stereocenters. The van der Waals surface area contributed by atoms with E-state index in [0.29, 0.717) is 22.3 Å². The molecule has 1 aromatic carbocycles. The van der Waals surface area contributed by atoms with Crippen LogP contribution in [0.3, 0.4) is 0 Å². The maximum atomic E-state index is 14.4. The number of nitrogens with two attached hydrogens (primary N) is 1. The Morgan fingerprint density at radius 1 is 1.29 bits per heavy atom. The molecule has 1 fully saturated rings. The molecule has 1 aliphatic rings. The van der Waals surface area contributed by atoms with Crippen LogP contribution in [0.15, 0.2) is 41.7 Å². The maximum absolute atomic E-state index is 14.4. The lowest BCUT2D eigenvalue weighted by Gasteiger charge is -2.14. The quantitative estimate of drug-likeness (QED) is 0.314. The van der Waals surface area contributed by atoms with Crippen molar-refractivity contribution in [3.8, 4) is 0 Å². The molecule has 0 bridgehead atoms. The summed E-state index contributed by atoms with van der Waals surface area (Å²) in [5.74, 6) is -1.45. The highest BCUT2D eigenvalue weighted by molar-refractivity contribution is 6.31. The van der Waals surface area contributed by atoms with Crippen molar-refractivity contribution in [1.29, 1.82) is 0 Å². The third kappa shape index (κ3) is 6.28. The molecule has 0 spiro atoms. The van der Waals surface area contributed by atoms with Crippen LogP contribution in [0.4, 0.5) is 24.7 Å². The first-order valence-electron chi connectivity index (χ1n) is 11.0. The van der Waals surface area contributed by atoms with E-state index in [0.717, 1.165) is 17.9 Å². The minimum Gasteiger partial charge on any atom is -0.462 e. The number of nitrogens with zero attached hydrogens (tertiary/aromatic N) is 3. The van der Waals surface area contributed by atoms with Gasteiger partial charge in [0, 0.05) is 36.0 Å². The summed E-state index contributed by atoms with van der Waals surface area (Å²) in [5, 5.41) is 4.13. The topological polar surface area (TPSA) is 85.4 Å². The lowest BCUT2D eigenvalue weighted by molar-refractivity contribution is 0.265. The SMILES string of the molecule is CC.CC1CC1OC(N)=N[C@H](CF)Cc1cc(Nc2nccc3cc(Cl)cnc23)cc(F)c1F. The summed E-state index contributed by atoms with van der Waals surface area (Å²) < 4.78 is 47.7. The number of aromatic nitrogens is 2. The molecule has 0 saturated heterocycles. The minimum absolute atomic E-state index is 0.0302. The Labute approximate surface area is 201 Å². The number of amidine groups is 1. The standard InChI is InChI=1S/C22H21ClF3N5O.C2H6/c1-11-4-18(11)32-22(27)31-16(9-24)7-13-6-15(8-17(25)19(13)26)30-21-20-12(2-3-28-21)5-14(23)10-29-20;1-2/h2-3,5-6,8,10-11,16,18H,4,7,9H2,1H3,(H2,27,31)(H,28,30);1-2H3/t11?,16-,18?;/m0./s1. The van der Waals surface area contributed by atoms with E-state index in [1.54, 1.807) is 18.3 Å². The second kappa shape index (κ2) is 11.4. The second-order valence-electron chi connectivity index (χ2n) is 7.79. The number of nitrogens with one attached hydrogen (secondary N) is 1. The Kier molecular flexibility index (Phi) is 8.55. The van der Waals surface area contributed by atoms with Gasteiger partial charge in [-0.25, -0.2) is 23.1 Å². The smallest absolute Gasteiger partial charge is 0.282 e. The Bertz CT molecular complexity index is 1180. The molecule has 3 aromatic rings. The van der Waals surface area contributed by atoms with E-state index in [1.807, 2.05) is 20.8 Å². The van der Waals surface area contributed by atoms with Gasteiger partial charge in [-0.05, 0) is 36.1 Å². The molecule has 1 aliphatic carbocycles. The number of fused-ring (bicyclic) bond motifs is 1. The van der Waals surface area contributed by atoms with Crippen molar-refractivity contribution >= 4 is 40.0 Å². The third-order valence-corrected chi connectivity index (χ3v) is 5.39. The van der Waals surface area contributed by atoms with Crippen molar-refractivity contribution in [3.05, 3.63) is 58.9 Å². The molecule has 10 heteroatoms. The van der Waals surface area contributed by atoms with Crippen LogP contribution in [-0.2, 0) is 11.2 Å². The monoisotopic (exact) mass is 493 g/mol. The van der Waals surface area contributed by atoms with Gasteiger partial charge >= 0.3 is 0 Å². The van der Waals surface area contributed by atoms with Crippen LogP contribution in [0.25, 0.3) is 10.9 Å². The van der Waals surface area contributed by atoms with Crippen LogP contribution >= 0.6 is 11.6 Å². The Hall–Kier alpha value is -3.07. The van der Waals surface area contributed by atoms with Crippen LogP contribution in [0.5, 0.6) is 0 Å². The molecule has 182 valence electrons. The number of benzene rings is 1. The summed E-state index contributed by atoms with van der Waals surface area (Å²) >= 11 is 5.97. The lowest BCUT2D eigenvalue weighted by atomic mass is 10.1. The average Bonchev–Trinajstić information content (AvgIpc) is 3.51. The zero-order valence-electron chi connectivity index (χ0n) is 19.2. The van der Waals surface area contributed by atoms with Gasteiger partial charge in [0.05, 0.1) is 11.1 Å². The molecule has 2 heterocycles. The highest BCUT2D eigenvalue weighted by Gasteiger charge is 2.35. The molecule has 0 amide bonds. The third-order valence-electron chi connectivity index (χ3n) is 5.18. The number of hydrogen-bond donors (Lipinski definition) is 2. The van der Waals surface area contributed by atoms with E-state index >= 15 is 0 Å². The molecule has 34 heavy (non-hydrogen) atoms. The first-order chi connectivity index (χ1) is 16.3. The summed E-state index contributed by atoms with van der Waals surface area (Å²) in [6, 6.07) is 4.66. The van der Waals surface area contributed by atoms with Gasteiger partial charge in [0.2, 0.25) is 0 Å². The summed E-state index contributed by atoms with van der Waals surface area (Å²) in [6.07, 6.45) is 3.63. The van der Waals surface area contributed by atoms with Crippen LogP contribution in [0.1, 0.15) is 32.8 Å². The summed E-state index contributed by atoms with van der Waals surface area (Å²) in [4.78, 5) is 12.5. The van der Waals surface area contributed by atoms with E-state index in [9.17, 15) is 13.2 Å². The van der Waals surface area contributed by atoms with Crippen LogP contribution < -0.4 is 11.1 Å². The van der Waals surface area contributed by atoms with Crippen molar-refractivity contribution in [2.24, 2.45) is 16.6 Å². The average molecular weight is 494 g/mol. The zero-order valence-corrected chi connectivity index (χ0v) is 19.9. The van der Waals surface area contributed by atoms with Crippen molar-refractivity contribution in [3.63, 3.8) is 0 Å². The maximum Gasteiger partial charge on any atom is 0.282 e. The van der Waals surface area contributed by atoms with Crippen LogP contribution in [0, 0.1) is 17.6 Å². The van der Waals surface area contributed by atoms with Gasteiger partial charge in [-0.1, -0.05) is 32.4 Å². The number of rotatable bonds is 7. The second-order valence-corrected chi connectivity index (χ2v) is 8.23. The predicted octanol–water partition coefficient (Wildman–Crippen LogP) is 5.95. The largest absolute Gasteiger partial charge is 0.462 e. The fourth-order valence-electron chi connectivity index (χ4n) is 3.33.